The highest BCUT2D eigenvalue weighted by Crippen LogP contribution is 2.48. The van der Waals surface area contributed by atoms with Crippen LogP contribution in [0.4, 0.5) is 13.2 Å². The zero-order chi connectivity index (χ0) is 19.8. The largest absolute Gasteiger partial charge is 0.483 e. The first-order valence-corrected chi connectivity index (χ1v) is 7.47. The number of aromatic nitrogens is 2. The van der Waals surface area contributed by atoms with Crippen molar-refractivity contribution in [1.29, 1.82) is 5.26 Å². The van der Waals surface area contributed by atoms with Gasteiger partial charge in [0.15, 0.2) is 6.61 Å². The molecule has 1 aliphatic rings. The first kappa shape index (κ1) is 18.1. The molecule has 0 unspecified atom stereocenters. The number of benzene rings is 1. The number of para-hydroxylation sites is 1. The number of carbonyl (C=O) groups excluding carboxylic acids is 1. The maximum Gasteiger partial charge on any atom is 0.433 e. The standard InChI is InChI=1S/C16H12F3N5O3/c17-16(18,19)13-12-11(8(5-20)14(22)27-15(12)24-23-13)7-3-1-2-4-9(7)26-6-10(21)25/h1-4,11H,6,22H2,(H2,21,25)(H,23,24)/t11-/m1/s1. The van der Waals surface area contributed by atoms with Crippen LogP contribution in [0.25, 0.3) is 0 Å². The number of aromatic amines is 1. The summed E-state index contributed by atoms with van der Waals surface area (Å²) in [6.45, 7) is -0.494. The van der Waals surface area contributed by atoms with Crippen LogP contribution < -0.4 is 20.9 Å². The number of nitrogens with one attached hydrogen (secondary N) is 1. The average Bonchev–Trinajstić information content (AvgIpc) is 3.02. The lowest BCUT2D eigenvalue weighted by molar-refractivity contribution is -0.141. The molecule has 8 nitrogen and oxygen atoms in total. The summed E-state index contributed by atoms with van der Waals surface area (Å²) in [6, 6.07) is 7.76. The van der Waals surface area contributed by atoms with Crippen LogP contribution in [0.1, 0.15) is 22.7 Å². The van der Waals surface area contributed by atoms with E-state index in [1.54, 1.807) is 18.2 Å². The van der Waals surface area contributed by atoms with Gasteiger partial charge < -0.3 is 20.9 Å². The minimum atomic E-state index is -4.78. The predicted molar refractivity (Wildman–Crippen MR) is 84.0 cm³/mol. The van der Waals surface area contributed by atoms with Gasteiger partial charge in [0.05, 0.1) is 11.5 Å². The van der Waals surface area contributed by atoms with Crippen molar-refractivity contribution in [2.45, 2.75) is 12.1 Å². The van der Waals surface area contributed by atoms with Crippen molar-refractivity contribution in [3.8, 4) is 17.7 Å². The lowest BCUT2D eigenvalue weighted by Crippen LogP contribution is -2.24. The van der Waals surface area contributed by atoms with E-state index >= 15 is 0 Å². The van der Waals surface area contributed by atoms with Gasteiger partial charge in [0, 0.05) is 5.56 Å². The molecular formula is C16H12F3N5O3. The van der Waals surface area contributed by atoms with Gasteiger partial charge in [0.2, 0.25) is 11.8 Å². The van der Waals surface area contributed by atoms with Crippen molar-refractivity contribution >= 4 is 5.91 Å². The Morgan fingerprint density at radius 1 is 1.41 bits per heavy atom. The highest BCUT2D eigenvalue weighted by Gasteiger charge is 2.45. The summed E-state index contributed by atoms with van der Waals surface area (Å²) in [4.78, 5) is 11.0. The number of hydrogen-bond donors (Lipinski definition) is 3. The van der Waals surface area contributed by atoms with E-state index in [2.05, 4.69) is 5.10 Å². The normalized spacial score (nSPS) is 16.3. The number of nitriles is 1. The molecule has 1 atom stereocenters. The Balaban J connectivity index is 2.22. The van der Waals surface area contributed by atoms with E-state index in [9.17, 15) is 23.2 Å². The number of rotatable bonds is 4. The van der Waals surface area contributed by atoms with Gasteiger partial charge in [-0.2, -0.15) is 18.4 Å². The van der Waals surface area contributed by atoms with Crippen molar-refractivity contribution in [3.05, 3.63) is 52.5 Å². The first-order valence-electron chi connectivity index (χ1n) is 7.47. The smallest absolute Gasteiger partial charge is 0.433 e. The minimum Gasteiger partial charge on any atom is -0.483 e. The first-order chi connectivity index (χ1) is 12.7. The summed E-state index contributed by atoms with van der Waals surface area (Å²) in [6.07, 6.45) is -4.78. The van der Waals surface area contributed by atoms with Crippen LogP contribution in [0.15, 0.2) is 35.7 Å². The molecule has 1 aromatic carbocycles. The molecule has 2 aromatic rings. The molecule has 27 heavy (non-hydrogen) atoms. The third-order valence-electron chi connectivity index (χ3n) is 3.82. The second kappa shape index (κ2) is 6.56. The molecule has 1 amide bonds. The Kier molecular flexibility index (Phi) is 4.40. The third kappa shape index (κ3) is 3.24. The summed E-state index contributed by atoms with van der Waals surface area (Å²) in [5.74, 6) is -2.73. The van der Waals surface area contributed by atoms with Gasteiger partial charge in [-0.25, -0.2) is 0 Å². The fourth-order valence-corrected chi connectivity index (χ4v) is 2.77. The van der Waals surface area contributed by atoms with Crippen LogP contribution in [-0.4, -0.2) is 22.7 Å². The number of hydrogen-bond acceptors (Lipinski definition) is 6. The number of alkyl halides is 3. The predicted octanol–water partition coefficient (Wildman–Crippen LogP) is 1.51. The van der Waals surface area contributed by atoms with E-state index in [4.69, 9.17) is 20.9 Å². The molecule has 0 aliphatic carbocycles. The number of fused-ring (bicyclic) bond motifs is 1. The van der Waals surface area contributed by atoms with E-state index < -0.39 is 41.7 Å². The highest BCUT2D eigenvalue weighted by atomic mass is 19.4. The summed E-state index contributed by atoms with van der Waals surface area (Å²) in [7, 11) is 0. The number of H-pyrrole nitrogens is 1. The second-order valence-electron chi connectivity index (χ2n) is 5.53. The second-order valence-corrected chi connectivity index (χ2v) is 5.53. The molecular weight excluding hydrogens is 367 g/mol. The van der Waals surface area contributed by atoms with Gasteiger partial charge in [-0.3, -0.25) is 9.89 Å². The van der Waals surface area contributed by atoms with Crippen molar-refractivity contribution < 1.29 is 27.4 Å². The van der Waals surface area contributed by atoms with E-state index in [1.807, 2.05) is 5.10 Å². The zero-order valence-electron chi connectivity index (χ0n) is 13.5. The molecule has 2 heterocycles. The maximum absolute atomic E-state index is 13.4. The van der Waals surface area contributed by atoms with Crippen molar-refractivity contribution in [2.24, 2.45) is 11.5 Å². The Labute approximate surface area is 150 Å². The van der Waals surface area contributed by atoms with Crippen LogP contribution in [0.5, 0.6) is 11.6 Å². The fourth-order valence-electron chi connectivity index (χ4n) is 2.77. The molecule has 0 bridgehead atoms. The van der Waals surface area contributed by atoms with E-state index in [0.29, 0.717) is 0 Å². The molecule has 0 fully saturated rings. The zero-order valence-corrected chi connectivity index (χ0v) is 13.5. The number of primary amides is 1. The number of halogens is 3. The van der Waals surface area contributed by atoms with Gasteiger partial charge >= 0.3 is 6.18 Å². The van der Waals surface area contributed by atoms with Crippen molar-refractivity contribution in [1.82, 2.24) is 10.2 Å². The summed E-state index contributed by atoms with van der Waals surface area (Å²) in [5, 5.41) is 14.9. The van der Waals surface area contributed by atoms with Crippen molar-refractivity contribution in [3.63, 3.8) is 0 Å². The van der Waals surface area contributed by atoms with Gasteiger partial charge in [0.1, 0.15) is 23.1 Å². The minimum absolute atomic E-state index is 0.0732. The molecule has 1 aromatic heterocycles. The Bertz CT molecular complexity index is 974. The number of allylic oxidation sites excluding steroid dienone is 1. The van der Waals surface area contributed by atoms with E-state index in [1.165, 1.54) is 12.1 Å². The lowest BCUT2D eigenvalue weighted by Gasteiger charge is -2.25. The SMILES string of the molecule is N#CC1=C(N)Oc2n[nH]c(C(F)(F)F)c2[C@@H]1c1ccccc1OCC(N)=O. The molecule has 0 saturated carbocycles. The Morgan fingerprint density at radius 2 is 2.11 bits per heavy atom. The maximum atomic E-state index is 13.4. The Hall–Kier alpha value is -3.68. The van der Waals surface area contributed by atoms with Crippen LogP contribution in [0.3, 0.4) is 0 Å². The monoisotopic (exact) mass is 379 g/mol. The van der Waals surface area contributed by atoms with Gasteiger partial charge in [-0.1, -0.05) is 18.2 Å². The van der Waals surface area contributed by atoms with Crippen LogP contribution >= 0.6 is 0 Å². The number of amides is 1. The molecule has 3 rings (SSSR count). The summed E-state index contributed by atoms with van der Waals surface area (Å²) in [5.41, 5.74) is 9.12. The van der Waals surface area contributed by atoms with Gasteiger partial charge in [-0.05, 0) is 6.07 Å². The number of ether oxygens (including phenoxy) is 2. The molecule has 0 spiro atoms. The average molecular weight is 379 g/mol. The summed E-state index contributed by atoms with van der Waals surface area (Å²) < 4.78 is 50.7. The molecule has 1 aliphatic heterocycles. The fraction of sp³-hybridized carbons (Fsp3) is 0.188. The highest BCUT2D eigenvalue weighted by molar-refractivity contribution is 5.75. The van der Waals surface area contributed by atoms with Crippen LogP contribution in [0.2, 0.25) is 0 Å². The van der Waals surface area contributed by atoms with Gasteiger partial charge in [0.25, 0.3) is 5.91 Å². The quantitative estimate of drug-likeness (QED) is 0.736. The Morgan fingerprint density at radius 3 is 2.74 bits per heavy atom. The number of nitrogens with two attached hydrogens (primary N) is 2. The van der Waals surface area contributed by atoms with Crippen LogP contribution in [0, 0.1) is 11.3 Å². The van der Waals surface area contributed by atoms with Crippen molar-refractivity contribution in [2.75, 3.05) is 6.61 Å². The number of nitrogens with zero attached hydrogens (tertiary/aromatic N) is 2. The summed E-state index contributed by atoms with van der Waals surface area (Å²) >= 11 is 0. The van der Waals surface area contributed by atoms with E-state index in [-0.39, 0.29) is 22.8 Å². The molecule has 11 heteroatoms. The molecule has 140 valence electrons. The molecule has 0 radical (unpaired) electrons. The number of carbonyl (C=O) groups is 1. The van der Waals surface area contributed by atoms with E-state index in [0.717, 1.165) is 0 Å². The topological polar surface area (TPSA) is 140 Å². The lowest BCUT2D eigenvalue weighted by atomic mass is 9.83. The van der Waals surface area contributed by atoms with Gasteiger partial charge in [-0.15, -0.1) is 5.10 Å². The van der Waals surface area contributed by atoms with Crippen LogP contribution in [-0.2, 0) is 11.0 Å². The molecule has 5 N–H and O–H groups in total. The third-order valence-corrected chi connectivity index (χ3v) is 3.82. The molecule has 0 saturated heterocycles.